The first-order chi connectivity index (χ1) is 9.88. The third kappa shape index (κ3) is 3.14. The van der Waals surface area contributed by atoms with E-state index in [0.717, 1.165) is 6.07 Å². The smallest absolute Gasteiger partial charge is 0.285 e. The van der Waals surface area contributed by atoms with E-state index < -0.39 is 22.3 Å². The molecule has 0 spiro atoms. The van der Waals surface area contributed by atoms with E-state index in [-0.39, 0.29) is 17.8 Å². The summed E-state index contributed by atoms with van der Waals surface area (Å²) in [6.07, 6.45) is 0. The van der Waals surface area contributed by atoms with E-state index in [2.05, 4.69) is 10.5 Å². The topological polar surface area (TPSA) is 124 Å². The fraction of sp³-hybridized carbons (Fsp3) is 0.167. The molecule has 1 aromatic carbocycles. The lowest BCUT2D eigenvalue weighted by atomic mass is 10.1. The predicted molar refractivity (Wildman–Crippen MR) is 69.9 cm³/mol. The lowest BCUT2D eigenvalue weighted by Gasteiger charge is -2.05. The van der Waals surface area contributed by atoms with Gasteiger partial charge in [-0.05, 0) is 13.0 Å². The highest BCUT2D eigenvalue weighted by Crippen LogP contribution is 2.24. The Labute approximate surface area is 117 Å². The second kappa shape index (κ2) is 5.57. The van der Waals surface area contributed by atoms with Crippen molar-refractivity contribution in [3.8, 4) is 0 Å². The number of amides is 1. The van der Waals surface area contributed by atoms with Gasteiger partial charge in [0.05, 0.1) is 28.9 Å². The zero-order chi connectivity index (χ0) is 15.6. The van der Waals surface area contributed by atoms with E-state index in [9.17, 15) is 19.3 Å². The van der Waals surface area contributed by atoms with Gasteiger partial charge in [-0.2, -0.15) is 0 Å². The van der Waals surface area contributed by atoms with Crippen molar-refractivity contribution in [2.75, 3.05) is 5.73 Å². The zero-order valence-corrected chi connectivity index (χ0v) is 10.9. The number of nitrogens with one attached hydrogen (secondary N) is 1. The number of benzene rings is 1. The standard InChI is InChI=1S/C12H11FN4O4/c1-6-2-7(21-16-6)5-15-12(18)8-3-10(14)9(13)4-11(8)17(19)20/h2-4H,5,14H2,1H3,(H,15,18). The number of hydrogen-bond donors (Lipinski definition) is 2. The van der Waals surface area contributed by atoms with Gasteiger partial charge < -0.3 is 15.6 Å². The highest BCUT2D eigenvalue weighted by molar-refractivity contribution is 5.99. The Morgan fingerprint density at radius 2 is 2.24 bits per heavy atom. The van der Waals surface area contributed by atoms with Crippen LogP contribution in [0.15, 0.2) is 22.7 Å². The van der Waals surface area contributed by atoms with Crippen molar-refractivity contribution in [2.24, 2.45) is 0 Å². The fourth-order valence-electron chi connectivity index (χ4n) is 1.67. The van der Waals surface area contributed by atoms with Crippen molar-refractivity contribution in [1.82, 2.24) is 10.5 Å². The van der Waals surface area contributed by atoms with Crippen molar-refractivity contribution in [3.63, 3.8) is 0 Å². The summed E-state index contributed by atoms with van der Waals surface area (Å²) in [5.41, 5.74) is 4.64. The molecule has 0 fully saturated rings. The minimum absolute atomic E-state index is 0.00584. The number of halogens is 1. The van der Waals surface area contributed by atoms with Gasteiger partial charge in [-0.3, -0.25) is 14.9 Å². The molecule has 9 heteroatoms. The summed E-state index contributed by atoms with van der Waals surface area (Å²) >= 11 is 0. The molecule has 21 heavy (non-hydrogen) atoms. The largest absolute Gasteiger partial charge is 0.396 e. The van der Waals surface area contributed by atoms with Gasteiger partial charge in [-0.1, -0.05) is 5.16 Å². The van der Waals surface area contributed by atoms with Crippen LogP contribution in [0.1, 0.15) is 21.8 Å². The highest BCUT2D eigenvalue weighted by atomic mass is 19.1. The molecule has 0 atom stereocenters. The van der Waals surface area contributed by atoms with Gasteiger partial charge in [0.15, 0.2) is 11.6 Å². The number of nitrogens with zero attached hydrogens (tertiary/aromatic N) is 2. The summed E-state index contributed by atoms with van der Waals surface area (Å²) in [7, 11) is 0. The first kappa shape index (κ1) is 14.4. The first-order valence-electron chi connectivity index (χ1n) is 5.82. The molecule has 0 aliphatic heterocycles. The van der Waals surface area contributed by atoms with Crippen LogP contribution in [0.3, 0.4) is 0 Å². The Morgan fingerprint density at radius 1 is 1.52 bits per heavy atom. The van der Waals surface area contributed by atoms with Crippen LogP contribution < -0.4 is 11.1 Å². The number of carbonyl (C=O) groups is 1. The number of nitro groups is 1. The molecule has 2 aromatic rings. The quantitative estimate of drug-likeness (QED) is 0.500. The number of carbonyl (C=O) groups excluding carboxylic acids is 1. The van der Waals surface area contributed by atoms with Gasteiger partial charge in [-0.25, -0.2) is 4.39 Å². The van der Waals surface area contributed by atoms with Crippen LogP contribution >= 0.6 is 0 Å². The molecule has 0 aliphatic rings. The van der Waals surface area contributed by atoms with Crippen molar-refractivity contribution < 1.29 is 18.6 Å². The van der Waals surface area contributed by atoms with E-state index in [1.165, 1.54) is 0 Å². The average molecular weight is 294 g/mol. The second-order valence-electron chi connectivity index (χ2n) is 4.27. The third-order valence-corrected chi connectivity index (χ3v) is 2.66. The van der Waals surface area contributed by atoms with E-state index in [1.54, 1.807) is 13.0 Å². The number of anilines is 1. The van der Waals surface area contributed by atoms with Gasteiger partial charge in [0, 0.05) is 6.07 Å². The summed E-state index contributed by atoms with van der Waals surface area (Å²) in [6, 6.07) is 3.14. The molecule has 110 valence electrons. The minimum atomic E-state index is -0.955. The molecule has 8 nitrogen and oxygen atoms in total. The number of aryl methyl sites for hydroxylation is 1. The number of nitro benzene ring substituents is 1. The van der Waals surface area contributed by atoms with Crippen molar-refractivity contribution in [2.45, 2.75) is 13.5 Å². The minimum Gasteiger partial charge on any atom is -0.396 e. The van der Waals surface area contributed by atoms with Gasteiger partial charge in [0.2, 0.25) is 0 Å². The number of nitrogen functional groups attached to an aromatic ring is 1. The number of rotatable bonds is 4. The lowest BCUT2D eigenvalue weighted by molar-refractivity contribution is -0.385. The molecule has 2 rings (SSSR count). The Bertz CT molecular complexity index is 713. The molecule has 3 N–H and O–H groups in total. The van der Waals surface area contributed by atoms with Gasteiger partial charge >= 0.3 is 0 Å². The number of aromatic nitrogens is 1. The van der Waals surface area contributed by atoms with E-state index in [4.69, 9.17) is 10.3 Å². The molecule has 1 amide bonds. The molecule has 0 aliphatic carbocycles. The van der Waals surface area contributed by atoms with E-state index >= 15 is 0 Å². The molecule has 0 bridgehead atoms. The molecule has 0 saturated heterocycles. The monoisotopic (exact) mass is 294 g/mol. The van der Waals surface area contributed by atoms with Gasteiger partial charge in [0.1, 0.15) is 5.56 Å². The van der Waals surface area contributed by atoms with Crippen LogP contribution in [-0.2, 0) is 6.54 Å². The van der Waals surface area contributed by atoms with Gasteiger partial charge in [-0.15, -0.1) is 0 Å². The Balaban J connectivity index is 2.22. The first-order valence-corrected chi connectivity index (χ1v) is 5.82. The van der Waals surface area contributed by atoms with E-state index in [1.807, 2.05) is 0 Å². The molecule has 0 unspecified atom stereocenters. The fourth-order valence-corrected chi connectivity index (χ4v) is 1.67. The van der Waals surface area contributed by atoms with E-state index in [0.29, 0.717) is 17.5 Å². The van der Waals surface area contributed by atoms with Crippen LogP contribution in [0.5, 0.6) is 0 Å². The SMILES string of the molecule is Cc1cc(CNC(=O)c2cc(N)c(F)cc2[N+](=O)[O-])on1. The molecule has 0 saturated carbocycles. The number of hydrogen-bond acceptors (Lipinski definition) is 6. The summed E-state index contributed by atoms with van der Waals surface area (Å²) in [5.74, 6) is -1.33. The van der Waals surface area contributed by atoms with Crippen molar-refractivity contribution in [3.05, 3.63) is 51.1 Å². The molecule has 1 aromatic heterocycles. The Hall–Kier alpha value is -2.97. The van der Waals surface area contributed by atoms with Crippen LogP contribution in [0.4, 0.5) is 15.8 Å². The summed E-state index contributed by atoms with van der Waals surface area (Å²) < 4.78 is 18.1. The summed E-state index contributed by atoms with van der Waals surface area (Å²) in [5, 5.41) is 16.9. The molecular formula is C12H11FN4O4. The van der Waals surface area contributed by atoms with Crippen LogP contribution in [0.2, 0.25) is 0 Å². The maximum absolute atomic E-state index is 13.3. The highest BCUT2D eigenvalue weighted by Gasteiger charge is 2.23. The summed E-state index contributed by atoms with van der Waals surface area (Å²) in [6.45, 7) is 1.70. The van der Waals surface area contributed by atoms with Crippen LogP contribution in [0.25, 0.3) is 0 Å². The van der Waals surface area contributed by atoms with Crippen LogP contribution in [-0.4, -0.2) is 16.0 Å². The van der Waals surface area contributed by atoms with Crippen molar-refractivity contribution in [1.29, 1.82) is 0 Å². The van der Waals surface area contributed by atoms with Crippen molar-refractivity contribution >= 4 is 17.3 Å². The zero-order valence-electron chi connectivity index (χ0n) is 10.9. The normalized spacial score (nSPS) is 10.4. The van der Waals surface area contributed by atoms with Gasteiger partial charge in [0.25, 0.3) is 11.6 Å². The number of nitrogens with two attached hydrogens (primary N) is 1. The second-order valence-corrected chi connectivity index (χ2v) is 4.27. The summed E-state index contributed by atoms with van der Waals surface area (Å²) in [4.78, 5) is 22.0. The lowest BCUT2D eigenvalue weighted by Crippen LogP contribution is -2.23. The van der Waals surface area contributed by atoms with Crippen LogP contribution in [0, 0.1) is 22.9 Å². The molecular weight excluding hydrogens is 283 g/mol. The molecule has 0 radical (unpaired) electrons. The Morgan fingerprint density at radius 3 is 2.81 bits per heavy atom. The Kier molecular flexibility index (Phi) is 3.83. The third-order valence-electron chi connectivity index (χ3n) is 2.66. The average Bonchev–Trinajstić information content (AvgIpc) is 2.84. The predicted octanol–water partition coefficient (Wildman–Crippen LogP) is 1.54. The maximum atomic E-state index is 13.3. The molecule has 1 heterocycles. The maximum Gasteiger partial charge on any atom is 0.285 e.